The average molecular weight is 204 g/mol. The average Bonchev–Trinajstić information content (AvgIpc) is 2.30. The molecule has 0 aliphatic carbocycles. The molecule has 2 heterocycles. The molecular formula is C12H12O3. The van der Waals surface area contributed by atoms with E-state index in [1.165, 1.54) is 0 Å². The molecule has 1 aromatic carbocycles. The van der Waals surface area contributed by atoms with E-state index < -0.39 is 0 Å². The molecule has 2 atom stereocenters. The highest BCUT2D eigenvalue weighted by atomic mass is 16.5. The number of rotatable bonds is 0. The van der Waals surface area contributed by atoms with E-state index in [2.05, 4.69) is 0 Å². The largest absolute Gasteiger partial charge is 0.489 e. The van der Waals surface area contributed by atoms with E-state index in [-0.39, 0.29) is 17.8 Å². The Hall–Kier alpha value is -1.35. The Morgan fingerprint density at radius 2 is 2.13 bits per heavy atom. The molecule has 1 aromatic rings. The number of ether oxygens (including phenoxy) is 2. The van der Waals surface area contributed by atoms with Crippen LogP contribution in [0.25, 0.3) is 0 Å². The maximum Gasteiger partial charge on any atom is 0.175 e. The zero-order valence-corrected chi connectivity index (χ0v) is 8.31. The smallest absolute Gasteiger partial charge is 0.175 e. The van der Waals surface area contributed by atoms with Crippen LogP contribution in [-0.4, -0.2) is 25.1 Å². The molecule has 78 valence electrons. The summed E-state index contributed by atoms with van der Waals surface area (Å²) in [5, 5.41) is 0. The van der Waals surface area contributed by atoms with E-state index in [1.54, 1.807) is 0 Å². The first-order valence-electron chi connectivity index (χ1n) is 5.24. The Labute approximate surface area is 88.0 Å². The van der Waals surface area contributed by atoms with Crippen molar-refractivity contribution in [1.82, 2.24) is 0 Å². The minimum absolute atomic E-state index is 0.0150. The molecule has 0 amide bonds. The fourth-order valence-corrected chi connectivity index (χ4v) is 2.24. The number of carbonyl (C=O) groups excluding carboxylic acids is 1. The van der Waals surface area contributed by atoms with Crippen LogP contribution in [0.3, 0.4) is 0 Å². The normalized spacial score (nSPS) is 28.9. The maximum atomic E-state index is 12.1. The van der Waals surface area contributed by atoms with E-state index in [4.69, 9.17) is 9.47 Å². The number of para-hydroxylation sites is 1. The molecule has 3 heteroatoms. The monoisotopic (exact) mass is 204 g/mol. The first kappa shape index (κ1) is 8.92. The quantitative estimate of drug-likeness (QED) is 0.644. The van der Waals surface area contributed by atoms with Crippen molar-refractivity contribution in [2.24, 2.45) is 5.92 Å². The highest BCUT2D eigenvalue weighted by molar-refractivity contribution is 6.01. The number of hydrogen-bond donors (Lipinski definition) is 0. The Morgan fingerprint density at radius 3 is 3.07 bits per heavy atom. The molecule has 15 heavy (non-hydrogen) atoms. The van der Waals surface area contributed by atoms with Gasteiger partial charge in [-0.2, -0.15) is 0 Å². The van der Waals surface area contributed by atoms with Gasteiger partial charge >= 0.3 is 0 Å². The van der Waals surface area contributed by atoms with Crippen LogP contribution in [0, 0.1) is 5.92 Å². The van der Waals surface area contributed by atoms with Crippen LogP contribution in [0.2, 0.25) is 0 Å². The fraction of sp³-hybridized carbons (Fsp3) is 0.417. The molecular weight excluding hydrogens is 192 g/mol. The van der Waals surface area contributed by atoms with Crippen molar-refractivity contribution < 1.29 is 14.3 Å². The number of ketones is 1. The summed E-state index contributed by atoms with van der Waals surface area (Å²) in [5.41, 5.74) is 0.698. The third kappa shape index (κ3) is 1.35. The van der Waals surface area contributed by atoms with Crippen LogP contribution in [-0.2, 0) is 4.74 Å². The van der Waals surface area contributed by atoms with Crippen molar-refractivity contribution in [3.8, 4) is 5.75 Å². The van der Waals surface area contributed by atoms with E-state index in [1.807, 2.05) is 24.3 Å². The summed E-state index contributed by atoms with van der Waals surface area (Å²) in [6.45, 7) is 1.19. The number of benzene rings is 1. The molecule has 0 saturated carbocycles. The van der Waals surface area contributed by atoms with Crippen LogP contribution in [0.4, 0.5) is 0 Å². The minimum atomic E-state index is -0.103. The highest BCUT2D eigenvalue weighted by Crippen LogP contribution is 2.33. The lowest BCUT2D eigenvalue weighted by molar-refractivity contribution is -0.0212. The molecule has 2 unspecified atom stereocenters. The first-order valence-corrected chi connectivity index (χ1v) is 5.24. The van der Waals surface area contributed by atoms with Crippen molar-refractivity contribution in [2.45, 2.75) is 12.5 Å². The lowest BCUT2D eigenvalue weighted by Gasteiger charge is -2.35. The maximum absolute atomic E-state index is 12.1. The van der Waals surface area contributed by atoms with Gasteiger partial charge in [-0.25, -0.2) is 0 Å². The number of Topliss-reactive ketones (excluding diaryl/α,β-unsaturated/α-hetero) is 1. The Kier molecular flexibility index (Phi) is 1.99. The Morgan fingerprint density at radius 1 is 1.27 bits per heavy atom. The van der Waals surface area contributed by atoms with Crippen molar-refractivity contribution in [3.05, 3.63) is 29.8 Å². The summed E-state index contributed by atoms with van der Waals surface area (Å²) in [5.74, 6) is 0.792. The van der Waals surface area contributed by atoms with Crippen LogP contribution in [0.5, 0.6) is 5.75 Å². The molecule has 0 spiro atoms. The molecule has 0 N–H and O–H groups in total. The van der Waals surface area contributed by atoms with Gasteiger partial charge in [-0.15, -0.1) is 0 Å². The van der Waals surface area contributed by atoms with E-state index >= 15 is 0 Å². The lowest BCUT2D eigenvalue weighted by atomic mass is 9.87. The second-order valence-corrected chi connectivity index (χ2v) is 3.99. The summed E-state index contributed by atoms with van der Waals surface area (Å²) in [4.78, 5) is 12.1. The number of hydrogen-bond acceptors (Lipinski definition) is 3. The van der Waals surface area contributed by atoms with Gasteiger partial charge in [0, 0.05) is 6.42 Å². The first-order chi connectivity index (χ1) is 7.36. The van der Waals surface area contributed by atoms with E-state index in [9.17, 15) is 4.79 Å². The zero-order valence-electron chi connectivity index (χ0n) is 8.31. The van der Waals surface area contributed by atoms with Gasteiger partial charge < -0.3 is 9.47 Å². The summed E-state index contributed by atoms with van der Waals surface area (Å²) in [6, 6.07) is 7.44. The summed E-state index contributed by atoms with van der Waals surface area (Å²) in [6.07, 6.45) is 0.825. The van der Waals surface area contributed by atoms with E-state index in [0.717, 1.165) is 12.2 Å². The molecule has 1 saturated heterocycles. The third-order valence-electron chi connectivity index (χ3n) is 3.06. The van der Waals surface area contributed by atoms with Crippen molar-refractivity contribution in [1.29, 1.82) is 0 Å². The van der Waals surface area contributed by atoms with Crippen molar-refractivity contribution >= 4 is 5.78 Å². The van der Waals surface area contributed by atoms with Gasteiger partial charge in [-0.05, 0) is 12.1 Å². The lowest BCUT2D eigenvalue weighted by Crippen LogP contribution is -2.44. The molecule has 0 radical (unpaired) electrons. The van der Waals surface area contributed by atoms with Crippen molar-refractivity contribution in [3.63, 3.8) is 0 Å². The van der Waals surface area contributed by atoms with Gasteiger partial charge in [-0.3, -0.25) is 4.79 Å². The molecule has 1 fully saturated rings. The zero-order chi connectivity index (χ0) is 10.3. The van der Waals surface area contributed by atoms with Crippen LogP contribution >= 0.6 is 0 Å². The molecule has 3 rings (SSSR count). The number of fused-ring (bicyclic) bond motifs is 2. The van der Waals surface area contributed by atoms with Gasteiger partial charge in [0.05, 0.1) is 24.7 Å². The van der Waals surface area contributed by atoms with Gasteiger partial charge in [-0.1, -0.05) is 12.1 Å². The standard InChI is InChI=1S/C12H12O3/c13-12-8-3-1-2-4-10(8)15-11-5-6-14-7-9(11)12/h1-4,9,11H,5-7H2. The van der Waals surface area contributed by atoms with Gasteiger partial charge in [0.1, 0.15) is 11.9 Å². The molecule has 2 aliphatic rings. The molecule has 3 nitrogen and oxygen atoms in total. The van der Waals surface area contributed by atoms with Gasteiger partial charge in [0.2, 0.25) is 0 Å². The predicted octanol–water partition coefficient (Wildman–Crippen LogP) is 1.67. The predicted molar refractivity (Wildman–Crippen MR) is 54.1 cm³/mol. The summed E-state index contributed by atoms with van der Waals surface area (Å²) in [7, 11) is 0. The third-order valence-corrected chi connectivity index (χ3v) is 3.06. The van der Waals surface area contributed by atoms with Crippen LogP contribution in [0.1, 0.15) is 16.8 Å². The van der Waals surface area contributed by atoms with Gasteiger partial charge in [0.25, 0.3) is 0 Å². The Bertz CT molecular complexity index is 400. The van der Waals surface area contributed by atoms with Gasteiger partial charge in [0.15, 0.2) is 5.78 Å². The van der Waals surface area contributed by atoms with Crippen molar-refractivity contribution in [2.75, 3.05) is 13.2 Å². The Balaban J connectivity index is 2.02. The van der Waals surface area contributed by atoms with E-state index in [0.29, 0.717) is 18.8 Å². The summed E-state index contributed by atoms with van der Waals surface area (Å²) < 4.78 is 11.1. The van der Waals surface area contributed by atoms with Crippen LogP contribution < -0.4 is 4.74 Å². The second kappa shape index (κ2) is 3.35. The second-order valence-electron chi connectivity index (χ2n) is 3.99. The fourth-order valence-electron chi connectivity index (χ4n) is 2.24. The topological polar surface area (TPSA) is 35.5 Å². The highest BCUT2D eigenvalue weighted by Gasteiger charge is 2.38. The molecule has 0 aromatic heterocycles. The van der Waals surface area contributed by atoms with Crippen LogP contribution in [0.15, 0.2) is 24.3 Å². The molecule has 2 aliphatic heterocycles. The number of carbonyl (C=O) groups is 1. The molecule has 0 bridgehead atoms. The minimum Gasteiger partial charge on any atom is -0.489 e. The SMILES string of the molecule is O=C1c2ccccc2OC2CCOCC12. The summed E-state index contributed by atoms with van der Waals surface area (Å²) >= 11 is 0.